The molecule has 31 heavy (non-hydrogen) atoms. The van der Waals surface area contributed by atoms with Gasteiger partial charge in [0.05, 0.1) is 9.92 Å². The summed E-state index contributed by atoms with van der Waals surface area (Å²) in [7, 11) is 0. The van der Waals surface area contributed by atoms with E-state index in [0.717, 1.165) is 34.5 Å². The van der Waals surface area contributed by atoms with E-state index in [-0.39, 0.29) is 5.15 Å². The van der Waals surface area contributed by atoms with E-state index in [1.54, 1.807) is 6.07 Å². The second-order valence-electron chi connectivity index (χ2n) is 9.30. The number of fused-ring (bicyclic) bond motifs is 1. The molecule has 2 N–H and O–H groups in total. The molecule has 5 rings (SSSR count). The van der Waals surface area contributed by atoms with Crippen molar-refractivity contribution >= 4 is 52.4 Å². The lowest BCUT2D eigenvalue weighted by atomic mass is 9.63. The molecule has 1 aliphatic carbocycles. The Morgan fingerprint density at radius 1 is 1.06 bits per heavy atom. The number of aromatic nitrogens is 4. The van der Waals surface area contributed by atoms with Crippen LogP contribution in [0.4, 0.5) is 11.8 Å². The first-order chi connectivity index (χ1) is 14.8. The van der Waals surface area contributed by atoms with E-state index < -0.39 is 0 Å². The summed E-state index contributed by atoms with van der Waals surface area (Å²) in [6.45, 7) is 6.96. The number of imidazole rings is 1. The molecule has 2 aliphatic rings. The summed E-state index contributed by atoms with van der Waals surface area (Å²) in [5.41, 5.74) is 7.61. The molecule has 0 atom stereocenters. The summed E-state index contributed by atoms with van der Waals surface area (Å²) >= 11 is 13.9. The van der Waals surface area contributed by atoms with Gasteiger partial charge in [0.1, 0.15) is 5.82 Å². The molecular formula is C22H26Cl2N6S. The molecule has 1 saturated carbocycles. The van der Waals surface area contributed by atoms with E-state index in [2.05, 4.69) is 33.1 Å². The minimum absolute atomic E-state index is 0.199. The fourth-order valence-electron chi connectivity index (χ4n) is 5.41. The summed E-state index contributed by atoms with van der Waals surface area (Å²) in [6, 6.07) is 1.72. The van der Waals surface area contributed by atoms with Crippen molar-refractivity contribution in [2.75, 3.05) is 23.7 Å². The van der Waals surface area contributed by atoms with Crippen LogP contribution in [0.25, 0.3) is 5.65 Å². The molecule has 4 heterocycles. The second kappa shape index (κ2) is 7.71. The van der Waals surface area contributed by atoms with Crippen molar-refractivity contribution in [3.63, 3.8) is 0 Å². The second-order valence-corrected chi connectivity index (χ2v) is 11.1. The van der Waals surface area contributed by atoms with Gasteiger partial charge in [-0.2, -0.15) is 0 Å². The summed E-state index contributed by atoms with van der Waals surface area (Å²) in [4.78, 5) is 17.4. The summed E-state index contributed by atoms with van der Waals surface area (Å²) in [5, 5.41) is 0.584. The zero-order valence-corrected chi connectivity index (χ0v) is 20.1. The van der Waals surface area contributed by atoms with E-state index in [1.165, 1.54) is 43.9 Å². The third-order valence-electron chi connectivity index (χ3n) is 7.39. The minimum Gasteiger partial charge on any atom is -0.384 e. The average Bonchev–Trinajstić information content (AvgIpc) is 3.32. The molecule has 0 aromatic carbocycles. The van der Waals surface area contributed by atoms with Crippen LogP contribution >= 0.6 is 35.0 Å². The monoisotopic (exact) mass is 476 g/mol. The molecule has 3 aromatic rings. The van der Waals surface area contributed by atoms with E-state index >= 15 is 0 Å². The van der Waals surface area contributed by atoms with Gasteiger partial charge in [-0.15, -0.1) is 0 Å². The maximum Gasteiger partial charge on any atom is 0.211 e. The number of nitrogen functional groups attached to an aromatic ring is 1. The smallest absolute Gasteiger partial charge is 0.211 e. The fourth-order valence-corrected chi connectivity index (χ4v) is 6.83. The lowest BCUT2D eigenvalue weighted by Crippen LogP contribution is -2.45. The molecule has 164 valence electrons. The van der Waals surface area contributed by atoms with Crippen LogP contribution in [-0.4, -0.2) is 32.4 Å². The van der Waals surface area contributed by atoms with Crippen LogP contribution in [0.15, 0.2) is 34.4 Å². The lowest BCUT2D eigenvalue weighted by Gasteiger charge is -2.47. The fraction of sp³-hybridized carbons (Fsp3) is 0.500. The minimum atomic E-state index is 0.199. The Balaban J connectivity index is 1.43. The van der Waals surface area contributed by atoms with Gasteiger partial charge in [-0.1, -0.05) is 55.2 Å². The van der Waals surface area contributed by atoms with Gasteiger partial charge in [0.25, 0.3) is 0 Å². The maximum absolute atomic E-state index is 6.35. The number of piperidine rings is 1. The van der Waals surface area contributed by atoms with Crippen molar-refractivity contribution in [1.82, 2.24) is 19.4 Å². The molecule has 0 radical (unpaired) electrons. The quantitative estimate of drug-likeness (QED) is 0.469. The Morgan fingerprint density at radius 3 is 2.55 bits per heavy atom. The van der Waals surface area contributed by atoms with Gasteiger partial charge in [0.15, 0.2) is 10.8 Å². The highest BCUT2D eigenvalue weighted by Crippen LogP contribution is 2.58. The van der Waals surface area contributed by atoms with Crippen LogP contribution in [0.5, 0.6) is 0 Å². The average molecular weight is 477 g/mol. The number of nitrogens with zero attached hydrogens (tertiary/aromatic N) is 5. The van der Waals surface area contributed by atoms with Crippen molar-refractivity contribution in [1.29, 1.82) is 0 Å². The first-order valence-electron chi connectivity index (χ1n) is 10.7. The van der Waals surface area contributed by atoms with Crippen LogP contribution in [0.1, 0.15) is 46.0 Å². The van der Waals surface area contributed by atoms with Crippen LogP contribution in [-0.2, 0) is 0 Å². The van der Waals surface area contributed by atoms with Gasteiger partial charge >= 0.3 is 0 Å². The maximum atomic E-state index is 6.35. The third-order valence-corrected chi connectivity index (χ3v) is 9.31. The zero-order valence-electron chi connectivity index (χ0n) is 17.7. The number of hydrogen-bond donors (Lipinski definition) is 1. The van der Waals surface area contributed by atoms with E-state index in [1.807, 2.05) is 18.6 Å². The molecular weight excluding hydrogens is 451 g/mol. The SMILES string of the molecule is CC1(C)CCCC12CCN(c1ncc(Sc3cc(N)nc(Cl)c3Cl)c3nccn13)CC2. The largest absolute Gasteiger partial charge is 0.384 e. The Morgan fingerprint density at radius 2 is 1.84 bits per heavy atom. The molecule has 6 nitrogen and oxygen atoms in total. The third kappa shape index (κ3) is 3.55. The van der Waals surface area contributed by atoms with Gasteiger partial charge in [-0.05, 0) is 42.6 Å². The molecule has 0 unspecified atom stereocenters. The number of hydrogen-bond acceptors (Lipinski definition) is 6. The van der Waals surface area contributed by atoms with Crippen LogP contribution in [0, 0.1) is 10.8 Å². The Labute approximate surface area is 196 Å². The summed E-state index contributed by atoms with van der Waals surface area (Å²) in [6.07, 6.45) is 12.1. The van der Waals surface area contributed by atoms with Gasteiger partial charge in [-0.25, -0.2) is 15.0 Å². The number of halogens is 2. The normalized spacial score (nSPS) is 20.1. The van der Waals surface area contributed by atoms with Crippen molar-refractivity contribution < 1.29 is 0 Å². The summed E-state index contributed by atoms with van der Waals surface area (Å²) < 4.78 is 2.07. The summed E-state index contributed by atoms with van der Waals surface area (Å²) in [5.74, 6) is 1.28. The van der Waals surface area contributed by atoms with Crippen molar-refractivity contribution in [2.45, 2.75) is 55.7 Å². The van der Waals surface area contributed by atoms with Crippen molar-refractivity contribution in [3.05, 3.63) is 34.8 Å². The van der Waals surface area contributed by atoms with Crippen LogP contribution < -0.4 is 10.6 Å². The number of pyridine rings is 1. The Hall–Kier alpha value is -1.70. The number of nitrogens with two attached hydrogens (primary N) is 1. The first-order valence-corrected chi connectivity index (χ1v) is 12.2. The Kier molecular flexibility index (Phi) is 5.26. The van der Waals surface area contributed by atoms with E-state index in [0.29, 0.717) is 21.7 Å². The van der Waals surface area contributed by atoms with Gasteiger partial charge in [0, 0.05) is 36.6 Å². The van der Waals surface area contributed by atoms with Crippen LogP contribution in [0.2, 0.25) is 10.2 Å². The highest BCUT2D eigenvalue weighted by atomic mass is 35.5. The first kappa shape index (κ1) is 21.2. The number of rotatable bonds is 3. The highest BCUT2D eigenvalue weighted by molar-refractivity contribution is 7.99. The molecule has 1 aliphatic heterocycles. The molecule has 1 saturated heterocycles. The standard InChI is InChI=1S/C22H26Cl2N6S/c1-21(2)4-3-5-22(21)6-9-29(10-7-22)20-27-13-15(19-26-8-11-30(19)20)31-14-12-16(25)28-18(24)17(14)23/h8,11-13H,3-7,9-10H2,1-2H3,(H2,25,28). The predicted octanol–water partition coefficient (Wildman–Crippen LogP) is 5.96. The predicted molar refractivity (Wildman–Crippen MR) is 127 cm³/mol. The van der Waals surface area contributed by atoms with Crippen LogP contribution in [0.3, 0.4) is 0 Å². The topological polar surface area (TPSA) is 72.3 Å². The molecule has 0 bridgehead atoms. The highest BCUT2D eigenvalue weighted by Gasteiger charge is 2.49. The van der Waals surface area contributed by atoms with E-state index in [9.17, 15) is 0 Å². The number of anilines is 2. The lowest BCUT2D eigenvalue weighted by molar-refractivity contribution is 0.0749. The molecule has 3 aromatic heterocycles. The van der Waals surface area contributed by atoms with Gasteiger partial charge in [0.2, 0.25) is 5.95 Å². The van der Waals surface area contributed by atoms with Crippen molar-refractivity contribution in [3.8, 4) is 0 Å². The molecule has 2 fully saturated rings. The molecule has 0 amide bonds. The van der Waals surface area contributed by atoms with E-state index in [4.69, 9.17) is 33.9 Å². The molecule has 9 heteroatoms. The van der Waals surface area contributed by atoms with Gasteiger partial charge in [-0.3, -0.25) is 4.40 Å². The van der Waals surface area contributed by atoms with Crippen molar-refractivity contribution in [2.24, 2.45) is 10.8 Å². The zero-order chi connectivity index (χ0) is 21.8. The Bertz CT molecular complexity index is 1140. The van der Waals surface area contributed by atoms with Gasteiger partial charge < -0.3 is 10.6 Å². The molecule has 1 spiro atoms.